The summed E-state index contributed by atoms with van der Waals surface area (Å²) in [5, 5.41) is 0. The van der Waals surface area contributed by atoms with Crippen LogP contribution in [0.5, 0.6) is 5.75 Å². The summed E-state index contributed by atoms with van der Waals surface area (Å²) in [6.07, 6.45) is -2.37. The second-order valence-electron chi connectivity index (χ2n) is 2.47. The van der Waals surface area contributed by atoms with Crippen LogP contribution in [0.1, 0.15) is 0 Å². The molecule has 1 aromatic rings. The van der Waals surface area contributed by atoms with Crippen LogP contribution in [0.2, 0.25) is 0 Å². The Kier molecular flexibility index (Phi) is 3.50. The second-order valence-corrected chi connectivity index (χ2v) is 2.47. The molecule has 76 valence electrons. The van der Waals surface area contributed by atoms with Gasteiger partial charge in [0, 0.05) is 0 Å². The number of ether oxygens (including phenoxy) is 1. The van der Waals surface area contributed by atoms with Gasteiger partial charge >= 0.3 is 5.97 Å². The minimum absolute atomic E-state index is 0.409. The maximum absolute atomic E-state index is 12.8. The van der Waals surface area contributed by atoms with Gasteiger partial charge in [0.2, 0.25) is 6.17 Å². The van der Waals surface area contributed by atoms with Crippen LogP contribution in [-0.2, 0) is 4.79 Å². The highest BCUT2D eigenvalue weighted by Crippen LogP contribution is 2.16. The molecule has 0 bridgehead atoms. The summed E-state index contributed by atoms with van der Waals surface area (Å²) in [5.41, 5.74) is 0. The third-order valence-corrected chi connectivity index (χ3v) is 1.44. The van der Waals surface area contributed by atoms with E-state index in [1.54, 1.807) is 0 Å². The predicted molar refractivity (Wildman–Crippen MR) is 42.9 cm³/mol. The van der Waals surface area contributed by atoms with E-state index in [-0.39, 0.29) is 0 Å². The molecule has 0 spiro atoms. The van der Waals surface area contributed by atoms with Gasteiger partial charge in [0.15, 0.2) is 11.6 Å². The van der Waals surface area contributed by atoms with Gasteiger partial charge < -0.3 is 4.74 Å². The lowest BCUT2D eigenvalue weighted by Crippen LogP contribution is -2.23. The van der Waals surface area contributed by atoms with Gasteiger partial charge in [-0.15, -0.1) is 0 Å². The van der Waals surface area contributed by atoms with Gasteiger partial charge in [-0.25, -0.2) is 18.0 Å². The highest BCUT2D eigenvalue weighted by Gasteiger charge is 2.20. The average Bonchev–Trinajstić information content (AvgIpc) is 2.20. The van der Waals surface area contributed by atoms with E-state index in [1.165, 1.54) is 12.1 Å². The number of carbonyl (C=O) groups is 1. The molecule has 0 radical (unpaired) electrons. The van der Waals surface area contributed by atoms with Crippen molar-refractivity contribution in [2.24, 2.45) is 0 Å². The molecule has 0 aliphatic carbocycles. The lowest BCUT2D eigenvalue weighted by molar-refractivity contribution is -0.140. The number of rotatable bonds is 3. The molecule has 0 aromatic heterocycles. The summed E-state index contributed by atoms with van der Waals surface area (Å²) in [4.78, 5) is 10.7. The second kappa shape index (κ2) is 4.64. The summed E-state index contributed by atoms with van der Waals surface area (Å²) in [5.74, 6) is -2.64. The van der Waals surface area contributed by atoms with E-state index >= 15 is 0 Å². The standard InChI is InChI=1S/C9H7F3O2/c10-5-7(12)9(13)14-8-4-2-1-3-6(8)11/h1-4,7H,5H2. The lowest BCUT2D eigenvalue weighted by Gasteiger charge is -2.05. The third-order valence-electron chi connectivity index (χ3n) is 1.44. The Bertz CT molecular complexity index is 328. The maximum atomic E-state index is 12.8. The van der Waals surface area contributed by atoms with Crippen LogP contribution in [0.4, 0.5) is 13.2 Å². The number of hydrogen-bond acceptors (Lipinski definition) is 2. The van der Waals surface area contributed by atoms with E-state index in [9.17, 15) is 18.0 Å². The highest BCUT2D eigenvalue weighted by atomic mass is 19.2. The molecule has 0 fully saturated rings. The van der Waals surface area contributed by atoms with Crippen LogP contribution in [-0.4, -0.2) is 18.8 Å². The van der Waals surface area contributed by atoms with Crippen LogP contribution >= 0.6 is 0 Å². The smallest absolute Gasteiger partial charge is 0.349 e. The molecule has 0 saturated heterocycles. The molecule has 1 aromatic carbocycles. The highest BCUT2D eigenvalue weighted by molar-refractivity contribution is 5.77. The maximum Gasteiger partial charge on any atom is 0.349 e. The van der Waals surface area contributed by atoms with Gasteiger partial charge in [0.1, 0.15) is 6.67 Å². The fourth-order valence-electron chi connectivity index (χ4n) is 0.763. The molecule has 0 saturated carbocycles. The first-order chi connectivity index (χ1) is 6.65. The van der Waals surface area contributed by atoms with Crippen LogP contribution in [0, 0.1) is 5.82 Å². The number of alkyl halides is 2. The molecule has 2 nitrogen and oxygen atoms in total. The van der Waals surface area contributed by atoms with E-state index < -0.39 is 30.4 Å². The molecule has 14 heavy (non-hydrogen) atoms. The monoisotopic (exact) mass is 204 g/mol. The Morgan fingerprint density at radius 3 is 2.64 bits per heavy atom. The van der Waals surface area contributed by atoms with Crippen molar-refractivity contribution >= 4 is 5.97 Å². The topological polar surface area (TPSA) is 26.3 Å². The molecule has 1 atom stereocenters. The SMILES string of the molecule is O=C(Oc1ccccc1F)C(F)CF. The Morgan fingerprint density at radius 1 is 1.43 bits per heavy atom. The molecule has 0 N–H and O–H groups in total. The van der Waals surface area contributed by atoms with Gasteiger partial charge in [-0.1, -0.05) is 12.1 Å². The van der Waals surface area contributed by atoms with Gasteiger partial charge in [0.25, 0.3) is 0 Å². The Balaban J connectivity index is 2.70. The summed E-state index contributed by atoms with van der Waals surface area (Å²) in [7, 11) is 0. The summed E-state index contributed by atoms with van der Waals surface area (Å²) >= 11 is 0. The summed E-state index contributed by atoms with van der Waals surface area (Å²) in [6, 6.07) is 4.99. The number of esters is 1. The average molecular weight is 204 g/mol. The van der Waals surface area contributed by atoms with Crippen LogP contribution in [0.3, 0.4) is 0 Å². The van der Waals surface area contributed by atoms with Gasteiger partial charge in [-0.3, -0.25) is 0 Å². The van der Waals surface area contributed by atoms with E-state index in [4.69, 9.17) is 0 Å². The molecule has 1 unspecified atom stereocenters. The minimum Gasteiger partial charge on any atom is -0.421 e. The Morgan fingerprint density at radius 2 is 2.07 bits per heavy atom. The Hall–Kier alpha value is -1.52. The van der Waals surface area contributed by atoms with E-state index in [2.05, 4.69) is 4.74 Å². The number of benzene rings is 1. The van der Waals surface area contributed by atoms with Crippen molar-refractivity contribution in [3.63, 3.8) is 0 Å². The van der Waals surface area contributed by atoms with Crippen LogP contribution in [0.15, 0.2) is 24.3 Å². The van der Waals surface area contributed by atoms with Gasteiger partial charge in [0.05, 0.1) is 0 Å². The minimum atomic E-state index is -2.37. The van der Waals surface area contributed by atoms with Gasteiger partial charge in [-0.2, -0.15) is 0 Å². The first-order valence-corrected chi connectivity index (χ1v) is 3.81. The van der Waals surface area contributed by atoms with Crippen molar-refractivity contribution in [2.45, 2.75) is 6.17 Å². The quantitative estimate of drug-likeness (QED) is 0.556. The van der Waals surface area contributed by atoms with E-state index in [0.717, 1.165) is 12.1 Å². The van der Waals surface area contributed by atoms with Crippen molar-refractivity contribution in [2.75, 3.05) is 6.67 Å². The molecular weight excluding hydrogens is 197 g/mol. The fourth-order valence-corrected chi connectivity index (χ4v) is 0.763. The molecule has 0 amide bonds. The van der Waals surface area contributed by atoms with Crippen molar-refractivity contribution in [1.29, 1.82) is 0 Å². The number of carbonyl (C=O) groups excluding carboxylic acids is 1. The molecule has 0 aliphatic heterocycles. The Labute approximate surface area is 78.3 Å². The molecular formula is C9H7F3O2. The normalized spacial score (nSPS) is 12.2. The molecule has 5 heteroatoms. The fraction of sp³-hybridized carbons (Fsp3) is 0.222. The van der Waals surface area contributed by atoms with Crippen LogP contribution < -0.4 is 4.74 Å². The first-order valence-electron chi connectivity index (χ1n) is 3.81. The summed E-state index contributed by atoms with van der Waals surface area (Å²) < 4.78 is 41.1. The summed E-state index contributed by atoms with van der Waals surface area (Å²) in [6.45, 7) is -1.48. The zero-order chi connectivity index (χ0) is 10.6. The zero-order valence-electron chi connectivity index (χ0n) is 7.04. The van der Waals surface area contributed by atoms with Crippen molar-refractivity contribution in [3.8, 4) is 5.75 Å². The third kappa shape index (κ3) is 2.48. The van der Waals surface area contributed by atoms with Crippen molar-refractivity contribution in [3.05, 3.63) is 30.1 Å². The van der Waals surface area contributed by atoms with E-state index in [0.29, 0.717) is 0 Å². The van der Waals surface area contributed by atoms with Crippen molar-refractivity contribution < 1.29 is 22.7 Å². The molecule has 0 heterocycles. The first kappa shape index (κ1) is 10.6. The van der Waals surface area contributed by atoms with Crippen LogP contribution in [0.25, 0.3) is 0 Å². The van der Waals surface area contributed by atoms with E-state index in [1.807, 2.05) is 0 Å². The number of para-hydroxylation sites is 1. The number of halogens is 3. The zero-order valence-corrected chi connectivity index (χ0v) is 7.04. The molecule has 1 rings (SSSR count). The van der Waals surface area contributed by atoms with Gasteiger partial charge in [-0.05, 0) is 12.1 Å². The van der Waals surface area contributed by atoms with Crippen molar-refractivity contribution in [1.82, 2.24) is 0 Å². The predicted octanol–water partition coefficient (Wildman–Crippen LogP) is 2.04. The number of hydrogen-bond donors (Lipinski definition) is 0. The largest absolute Gasteiger partial charge is 0.421 e. The lowest BCUT2D eigenvalue weighted by atomic mass is 10.3. The molecule has 0 aliphatic rings.